The molecule has 3 rings (SSSR count). The number of carbonyl (C=O) groups excluding carboxylic acids is 6. The molecular formula is C50H68O13. The molecule has 2 aromatic rings. The van der Waals surface area contributed by atoms with E-state index in [1.54, 1.807) is 26.0 Å². The Bertz CT molecular complexity index is 1880. The Morgan fingerprint density at radius 3 is 1.73 bits per heavy atom. The maximum Gasteiger partial charge on any atom is 0.338 e. The van der Waals surface area contributed by atoms with Crippen LogP contribution in [0.25, 0.3) is 11.1 Å². The Morgan fingerprint density at radius 1 is 0.651 bits per heavy atom. The molecule has 0 amide bonds. The van der Waals surface area contributed by atoms with Gasteiger partial charge in [-0.2, -0.15) is 0 Å². The van der Waals surface area contributed by atoms with Gasteiger partial charge in [0.05, 0.1) is 13.2 Å². The molecule has 63 heavy (non-hydrogen) atoms. The molecule has 1 aliphatic rings. The maximum atomic E-state index is 13.1. The molecule has 346 valence electrons. The highest BCUT2D eigenvalue weighted by atomic mass is 16.6. The summed E-state index contributed by atoms with van der Waals surface area (Å²) in [5, 5.41) is 0. The van der Waals surface area contributed by atoms with Gasteiger partial charge in [0.25, 0.3) is 0 Å². The van der Waals surface area contributed by atoms with E-state index >= 15 is 0 Å². The lowest BCUT2D eigenvalue weighted by Crippen LogP contribution is -2.45. The van der Waals surface area contributed by atoms with Gasteiger partial charge < -0.3 is 33.2 Å². The molecule has 1 saturated carbocycles. The van der Waals surface area contributed by atoms with Gasteiger partial charge in [0.2, 0.25) is 0 Å². The van der Waals surface area contributed by atoms with Crippen molar-refractivity contribution in [1.29, 1.82) is 0 Å². The van der Waals surface area contributed by atoms with Crippen LogP contribution in [0.5, 0.6) is 11.5 Å². The predicted molar refractivity (Wildman–Crippen MR) is 238 cm³/mol. The molecule has 0 radical (unpaired) electrons. The van der Waals surface area contributed by atoms with E-state index < -0.39 is 79.5 Å². The summed E-state index contributed by atoms with van der Waals surface area (Å²) >= 11 is 0. The first-order chi connectivity index (χ1) is 30.0. The Kier molecular flexibility index (Phi) is 21.1. The van der Waals surface area contributed by atoms with Crippen molar-refractivity contribution in [3.8, 4) is 22.6 Å². The minimum atomic E-state index is -1.66. The first-order valence-corrected chi connectivity index (χ1v) is 22.3. The molecule has 0 heterocycles. The van der Waals surface area contributed by atoms with Crippen LogP contribution in [0.4, 0.5) is 0 Å². The summed E-state index contributed by atoms with van der Waals surface area (Å²) < 4.78 is 38.8. The van der Waals surface area contributed by atoms with Gasteiger partial charge in [0.15, 0.2) is 23.3 Å². The normalized spacial score (nSPS) is 16.6. The second-order valence-electron chi connectivity index (χ2n) is 16.6. The number of aryl methyl sites for hydroxylation is 1. The van der Waals surface area contributed by atoms with Crippen molar-refractivity contribution in [1.82, 2.24) is 0 Å². The van der Waals surface area contributed by atoms with Gasteiger partial charge in [-0.05, 0) is 120 Å². The Balaban J connectivity index is 2.03. The summed E-state index contributed by atoms with van der Waals surface area (Å²) in [5.41, 5.74) is 2.72. The van der Waals surface area contributed by atoms with Crippen LogP contribution in [-0.4, -0.2) is 75.5 Å². The van der Waals surface area contributed by atoms with Gasteiger partial charge in [0, 0.05) is 11.1 Å². The summed E-state index contributed by atoms with van der Waals surface area (Å²) in [6.45, 7) is 18.3. The average Bonchev–Trinajstić information content (AvgIpc) is 3.27. The third-order valence-corrected chi connectivity index (χ3v) is 11.3. The number of hydrogen-bond acceptors (Lipinski definition) is 13. The fourth-order valence-corrected chi connectivity index (χ4v) is 7.22. The molecule has 13 heteroatoms. The highest BCUT2D eigenvalue weighted by Gasteiger charge is 2.40. The van der Waals surface area contributed by atoms with Crippen molar-refractivity contribution in [2.45, 2.75) is 119 Å². The Hall–Kier alpha value is -5.46. The number of rotatable bonds is 25. The van der Waals surface area contributed by atoms with E-state index in [4.69, 9.17) is 33.2 Å². The summed E-state index contributed by atoms with van der Waals surface area (Å²) in [7, 11) is 0. The number of carbonyl (C=O) groups is 6. The van der Waals surface area contributed by atoms with E-state index in [1.807, 2.05) is 6.07 Å². The highest BCUT2D eigenvalue weighted by Crippen LogP contribution is 2.41. The summed E-state index contributed by atoms with van der Waals surface area (Å²) in [6, 6.07) is 11.7. The zero-order valence-corrected chi connectivity index (χ0v) is 38.6. The molecule has 2 aromatic carbocycles. The zero-order valence-electron chi connectivity index (χ0n) is 38.6. The molecule has 1 fully saturated rings. The first kappa shape index (κ1) is 51.9. The lowest BCUT2D eigenvalue weighted by atomic mass is 9.76. The van der Waals surface area contributed by atoms with Crippen LogP contribution >= 0.6 is 0 Å². The van der Waals surface area contributed by atoms with Crippen LogP contribution in [0.2, 0.25) is 0 Å². The maximum absolute atomic E-state index is 13.1. The SMILES string of the molecule is C=C(C)C(=O)OCC(COC(=O)C(C)C(=O)OCC)(COC(=O)C(C)C(=O)OCC)COc1ccc(-c2ccc(C3CCC(CCCCC)CC3)cc2CC)cc1OC(=O)C(=C)C. The van der Waals surface area contributed by atoms with E-state index in [-0.39, 0.29) is 35.9 Å². The topological polar surface area (TPSA) is 167 Å². The quantitative estimate of drug-likeness (QED) is 0.0232. The van der Waals surface area contributed by atoms with Crippen molar-refractivity contribution in [3.63, 3.8) is 0 Å². The fraction of sp³-hybridized carbons (Fsp3) is 0.560. The fourth-order valence-electron chi connectivity index (χ4n) is 7.22. The van der Waals surface area contributed by atoms with Crippen LogP contribution in [-0.2, 0) is 58.9 Å². The lowest BCUT2D eigenvalue weighted by molar-refractivity contribution is -0.171. The molecule has 0 spiro atoms. The highest BCUT2D eigenvalue weighted by molar-refractivity contribution is 5.95. The van der Waals surface area contributed by atoms with Gasteiger partial charge >= 0.3 is 35.8 Å². The second kappa shape index (κ2) is 25.6. The van der Waals surface area contributed by atoms with E-state index in [1.165, 1.54) is 84.6 Å². The van der Waals surface area contributed by atoms with Crippen LogP contribution in [0.15, 0.2) is 60.7 Å². The van der Waals surface area contributed by atoms with E-state index in [0.29, 0.717) is 5.92 Å². The van der Waals surface area contributed by atoms with Crippen LogP contribution in [0, 0.1) is 23.2 Å². The number of unbranched alkanes of at least 4 members (excludes halogenated alkanes) is 2. The number of benzene rings is 2. The van der Waals surface area contributed by atoms with Gasteiger partial charge in [-0.25, -0.2) is 9.59 Å². The molecule has 13 nitrogen and oxygen atoms in total. The molecular weight excluding hydrogens is 809 g/mol. The number of hydrogen-bond donors (Lipinski definition) is 0. The van der Waals surface area contributed by atoms with Crippen molar-refractivity contribution in [3.05, 3.63) is 71.8 Å². The van der Waals surface area contributed by atoms with Gasteiger partial charge in [0.1, 0.15) is 31.8 Å². The second-order valence-corrected chi connectivity index (χ2v) is 16.6. The van der Waals surface area contributed by atoms with Crippen LogP contribution in [0.3, 0.4) is 0 Å². The predicted octanol–water partition coefficient (Wildman–Crippen LogP) is 9.22. The van der Waals surface area contributed by atoms with Crippen molar-refractivity contribution in [2.75, 3.05) is 39.6 Å². The molecule has 0 N–H and O–H groups in total. The minimum Gasteiger partial charge on any atom is -0.489 e. The monoisotopic (exact) mass is 876 g/mol. The Labute approximate surface area is 373 Å². The van der Waals surface area contributed by atoms with Gasteiger partial charge in [-0.3, -0.25) is 19.2 Å². The molecule has 0 saturated heterocycles. The largest absolute Gasteiger partial charge is 0.489 e. The van der Waals surface area contributed by atoms with E-state index in [0.717, 1.165) is 29.0 Å². The van der Waals surface area contributed by atoms with E-state index in [2.05, 4.69) is 45.2 Å². The molecule has 0 bridgehead atoms. The summed E-state index contributed by atoms with van der Waals surface area (Å²) in [5.74, 6) is -6.32. The van der Waals surface area contributed by atoms with E-state index in [9.17, 15) is 28.8 Å². The van der Waals surface area contributed by atoms with Crippen molar-refractivity contribution in [2.24, 2.45) is 23.2 Å². The average molecular weight is 877 g/mol. The number of ether oxygens (including phenoxy) is 7. The third kappa shape index (κ3) is 15.7. The first-order valence-electron chi connectivity index (χ1n) is 22.3. The standard InChI is InChI=1S/C50H68O13/c1-11-15-16-17-36-18-20-38(21-19-36)39-22-24-41(37(12-2)26-39)40-23-25-42(43(27-40)63-45(52)33(7)8)59-28-50(29-60-44(51)32(5)6,30-61-48(55)34(9)46(53)57-13-3)31-62-49(56)35(10)47(54)58-14-4/h22-27,34-36,38H,5,7,11-21,28-31H2,1-4,6,8-10H3. The van der Waals surface area contributed by atoms with Crippen molar-refractivity contribution >= 4 is 35.8 Å². The summed E-state index contributed by atoms with van der Waals surface area (Å²) in [4.78, 5) is 76.9. The number of esters is 6. The van der Waals surface area contributed by atoms with Crippen LogP contribution in [0.1, 0.15) is 124 Å². The minimum absolute atomic E-state index is 0.0297. The zero-order chi connectivity index (χ0) is 46.7. The molecule has 1 aliphatic carbocycles. The van der Waals surface area contributed by atoms with Gasteiger partial charge in [-0.1, -0.05) is 77.0 Å². The lowest BCUT2D eigenvalue weighted by Gasteiger charge is -2.32. The van der Waals surface area contributed by atoms with Gasteiger partial charge in [-0.15, -0.1) is 0 Å². The molecule has 2 atom stereocenters. The molecule has 2 unspecified atom stereocenters. The molecule has 0 aromatic heterocycles. The van der Waals surface area contributed by atoms with Crippen LogP contribution < -0.4 is 9.47 Å². The third-order valence-electron chi connectivity index (χ3n) is 11.3. The molecule has 0 aliphatic heterocycles. The summed E-state index contributed by atoms with van der Waals surface area (Å²) in [6.07, 6.45) is 10.8. The van der Waals surface area contributed by atoms with Crippen molar-refractivity contribution < 1.29 is 61.9 Å². The Morgan fingerprint density at radius 2 is 1.21 bits per heavy atom. The smallest absolute Gasteiger partial charge is 0.338 e.